The summed E-state index contributed by atoms with van der Waals surface area (Å²) in [4.78, 5) is 4.14. The number of anilines is 3. The summed E-state index contributed by atoms with van der Waals surface area (Å²) in [7, 11) is 0. The van der Waals surface area contributed by atoms with Crippen molar-refractivity contribution in [2.75, 3.05) is 11.1 Å². The number of halogens is 4. The molecule has 6 nitrogen and oxygen atoms in total. The van der Waals surface area contributed by atoms with Gasteiger partial charge in [0.15, 0.2) is 11.6 Å². The van der Waals surface area contributed by atoms with Gasteiger partial charge in [-0.3, -0.25) is 0 Å². The fraction of sp³-hybridized carbons (Fsp3) is 0.100. The quantitative estimate of drug-likeness (QED) is 0.451. The molecule has 0 aliphatic heterocycles. The van der Waals surface area contributed by atoms with Crippen molar-refractivity contribution in [2.45, 2.75) is 13.1 Å². The van der Waals surface area contributed by atoms with Crippen molar-refractivity contribution in [2.24, 2.45) is 10.2 Å². The molecule has 0 saturated carbocycles. The normalized spacial score (nSPS) is 11.5. The van der Waals surface area contributed by atoms with Crippen LogP contribution in [0.4, 0.5) is 41.9 Å². The summed E-state index contributed by atoms with van der Waals surface area (Å²) in [6, 6.07) is 14.1. The number of benzene rings is 2. The number of aromatic nitrogens is 1. The lowest BCUT2D eigenvalue weighted by molar-refractivity contribution is -0.137. The summed E-state index contributed by atoms with van der Waals surface area (Å²) in [6.45, 7) is 1.56. The molecule has 3 aromatic rings. The molecule has 0 aliphatic carbocycles. The van der Waals surface area contributed by atoms with Crippen molar-refractivity contribution in [1.82, 2.24) is 4.98 Å². The van der Waals surface area contributed by atoms with Crippen molar-refractivity contribution in [3.8, 4) is 6.07 Å². The molecular weight excluding hydrogens is 417 g/mol. The van der Waals surface area contributed by atoms with E-state index < -0.39 is 17.4 Å². The topological polar surface area (TPSA) is 99.5 Å². The molecule has 30 heavy (non-hydrogen) atoms. The molecule has 0 radical (unpaired) electrons. The van der Waals surface area contributed by atoms with Crippen molar-refractivity contribution in [1.29, 1.82) is 5.26 Å². The molecule has 10 heteroatoms. The summed E-state index contributed by atoms with van der Waals surface area (Å²) in [5, 5.41) is 20.0. The van der Waals surface area contributed by atoms with Crippen LogP contribution in [-0.2, 0) is 6.18 Å². The maximum absolute atomic E-state index is 13.2. The van der Waals surface area contributed by atoms with Gasteiger partial charge in [-0.2, -0.15) is 18.4 Å². The lowest BCUT2D eigenvalue weighted by atomic mass is 10.1. The fourth-order valence-electron chi connectivity index (χ4n) is 2.66. The number of nitriles is 1. The van der Waals surface area contributed by atoms with Crippen LogP contribution in [0.3, 0.4) is 0 Å². The van der Waals surface area contributed by atoms with Crippen LogP contribution in [0.1, 0.15) is 16.7 Å². The molecule has 0 spiro atoms. The average Bonchev–Trinajstić information content (AvgIpc) is 2.69. The molecular formula is C20H14ClF3N6. The van der Waals surface area contributed by atoms with E-state index in [0.717, 1.165) is 12.1 Å². The third-order valence-electron chi connectivity index (χ3n) is 4.11. The fourth-order valence-corrected chi connectivity index (χ4v) is 2.83. The van der Waals surface area contributed by atoms with Crippen molar-refractivity contribution in [3.63, 3.8) is 0 Å². The first-order chi connectivity index (χ1) is 14.2. The summed E-state index contributed by atoms with van der Waals surface area (Å²) in [6.07, 6.45) is -4.67. The standard InChI is InChI=1S/C20H14ClF3N6/c1-11-14(10-25)19(27-13-5-3-2-4-6-13)28-18(26)17(11)30-29-16-8-7-12(21)9-15(16)20(22,23)24/h2-9H,1H3,(H3,26,27,28)/b30-29+. The Hall–Kier alpha value is -3.64. The average molecular weight is 431 g/mol. The van der Waals surface area contributed by atoms with Crippen LogP contribution in [0.5, 0.6) is 0 Å². The van der Waals surface area contributed by atoms with Gasteiger partial charge in [-0.05, 0) is 37.3 Å². The van der Waals surface area contributed by atoms with Gasteiger partial charge in [0.25, 0.3) is 0 Å². The van der Waals surface area contributed by atoms with E-state index in [1.54, 1.807) is 31.2 Å². The van der Waals surface area contributed by atoms with Crippen LogP contribution in [0, 0.1) is 18.3 Å². The Balaban J connectivity index is 2.03. The van der Waals surface area contributed by atoms with E-state index in [4.69, 9.17) is 17.3 Å². The van der Waals surface area contributed by atoms with Crippen LogP contribution >= 0.6 is 11.6 Å². The zero-order valence-corrected chi connectivity index (χ0v) is 16.3. The first kappa shape index (κ1) is 21.1. The molecule has 1 aromatic heterocycles. The van der Waals surface area contributed by atoms with Crippen LogP contribution in [0.25, 0.3) is 0 Å². The van der Waals surface area contributed by atoms with Crippen molar-refractivity contribution in [3.05, 3.63) is 70.2 Å². The molecule has 3 rings (SSSR count). The number of alkyl halides is 3. The third kappa shape index (κ3) is 4.50. The molecule has 0 fully saturated rings. The lowest BCUT2D eigenvalue weighted by Crippen LogP contribution is -2.05. The molecule has 1 heterocycles. The van der Waals surface area contributed by atoms with Gasteiger partial charge >= 0.3 is 6.18 Å². The van der Waals surface area contributed by atoms with Gasteiger partial charge in [0.1, 0.15) is 11.8 Å². The minimum Gasteiger partial charge on any atom is -0.382 e. The van der Waals surface area contributed by atoms with Gasteiger partial charge in [-0.25, -0.2) is 4.98 Å². The SMILES string of the molecule is Cc1c(C#N)c(Nc2ccccc2)nc(N)c1/N=N/c1ccc(Cl)cc1C(F)(F)F. The Morgan fingerprint density at radius 3 is 2.47 bits per heavy atom. The summed E-state index contributed by atoms with van der Waals surface area (Å²) in [5.74, 6) is 0.122. The summed E-state index contributed by atoms with van der Waals surface area (Å²) >= 11 is 5.67. The smallest absolute Gasteiger partial charge is 0.382 e. The Labute approximate surface area is 174 Å². The van der Waals surface area contributed by atoms with Gasteiger partial charge in [0.2, 0.25) is 0 Å². The van der Waals surface area contributed by atoms with Crippen LogP contribution in [0.2, 0.25) is 5.02 Å². The van der Waals surface area contributed by atoms with E-state index in [9.17, 15) is 18.4 Å². The van der Waals surface area contributed by atoms with E-state index in [1.165, 1.54) is 6.07 Å². The molecule has 0 saturated heterocycles. The van der Waals surface area contributed by atoms with Gasteiger partial charge in [-0.15, -0.1) is 10.2 Å². The Morgan fingerprint density at radius 2 is 1.83 bits per heavy atom. The summed E-state index contributed by atoms with van der Waals surface area (Å²) < 4.78 is 39.7. The Bertz CT molecular complexity index is 1150. The molecule has 0 aliphatic rings. The molecule has 3 N–H and O–H groups in total. The number of nitrogens with one attached hydrogen (secondary N) is 1. The maximum atomic E-state index is 13.2. The second-order valence-corrected chi connectivity index (χ2v) is 6.59. The summed E-state index contributed by atoms with van der Waals surface area (Å²) in [5.41, 5.74) is 5.65. The molecule has 152 valence electrons. The highest BCUT2D eigenvalue weighted by molar-refractivity contribution is 6.30. The third-order valence-corrected chi connectivity index (χ3v) is 4.35. The van der Waals surface area contributed by atoms with E-state index in [0.29, 0.717) is 11.3 Å². The van der Waals surface area contributed by atoms with E-state index in [2.05, 4.69) is 20.5 Å². The zero-order valence-electron chi connectivity index (χ0n) is 15.5. The molecule has 0 bridgehead atoms. The largest absolute Gasteiger partial charge is 0.418 e. The number of azo groups is 1. The molecule has 0 atom stereocenters. The monoisotopic (exact) mass is 430 g/mol. The van der Waals surface area contributed by atoms with Crippen molar-refractivity contribution >= 4 is 40.3 Å². The number of nitrogens with two attached hydrogens (primary N) is 1. The maximum Gasteiger partial charge on any atom is 0.418 e. The molecule has 0 unspecified atom stereocenters. The van der Waals surface area contributed by atoms with E-state index in [-0.39, 0.29) is 27.9 Å². The lowest BCUT2D eigenvalue weighted by Gasteiger charge is -2.13. The van der Waals surface area contributed by atoms with Gasteiger partial charge in [0.05, 0.1) is 16.8 Å². The number of hydrogen-bond donors (Lipinski definition) is 2. The highest BCUT2D eigenvalue weighted by atomic mass is 35.5. The number of hydrogen-bond acceptors (Lipinski definition) is 6. The molecule has 0 amide bonds. The number of rotatable bonds is 4. The van der Waals surface area contributed by atoms with Crippen LogP contribution in [0.15, 0.2) is 58.8 Å². The second-order valence-electron chi connectivity index (χ2n) is 6.16. The second kappa shape index (κ2) is 8.39. The number of para-hydroxylation sites is 1. The Kier molecular flexibility index (Phi) is 5.89. The van der Waals surface area contributed by atoms with Crippen LogP contribution in [-0.4, -0.2) is 4.98 Å². The Morgan fingerprint density at radius 1 is 1.13 bits per heavy atom. The number of nitrogens with zero attached hydrogens (tertiary/aromatic N) is 4. The minimum atomic E-state index is -4.67. The zero-order chi connectivity index (χ0) is 21.9. The van der Waals surface area contributed by atoms with E-state index >= 15 is 0 Å². The van der Waals surface area contributed by atoms with Gasteiger partial charge in [-0.1, -0.05) is 29.8 Å². The number of pyridine rings is 1. The predicted octanol–water partition coefficient (Wildman–Crippen LogP) is 6.68. The van der Waals surface area contributed by atoms with Gasteiger partial charge in [0, 0.05) is 16.3 Å². The van der Waals surface area contributed by atoms with E-state index in [1.807, 2.05) is 12.1 Å². The van der Waals surface area contributed by atoms with Crippen LogP contribution < -0.4 is 11.1 Å². The predicted molar refractivity (Wildman–Crippen MR) is 108 cm³/mol. The minimum absolute atomic E-state index is 0.00763. The number of nitrogen functional groups attached to an aromatic ring is 1. The first-order valence-electron chi connectivity index (χ1n) is 8.51. The molecule has 2 aromatic carbocycles. The highest BCUT2D eigenvalue weighted by Crippen LogP contribution is 2.39. The van der Waals surface area contributed by atoms with Crippen molar-refractivity contribution < 1.29 is 13.2 Å². The van der Waals surface area contributed by atoms with Gasteiger partial charge < -0.3 is 11.1 Å². The highest BCUT2D eigenvalue weighted by Gasteiger charge is 2.34. The first-order valence-corrected chi connectivity index (χ1v) is 8.89.